The van der Waals surface area contributed by atoms with E-state index in [1.165, 1.54) is 6.33 Å². The lowest BCUT2D eigenvalue weighted by Gasteiger charge is -2.05. The Kier molecular flexibility index (Phi) is 4.65. The van der Waals surface area contributed by atoms with Gasteiger partial charge in [-0.05, 0) is 6.07 Å². The van der Waals surface area contributed by atoms with E-state index in [4.69, 9.17) is 4.98 Å². The van der Waals surface area contributed by atoms with Crippen molar-refractivity contribution in [3.63, 3.8) is 0 Å². The molecular formula is C18H17N7S. The first kappa shape index (κ1) is 16.3. The van der Waals surface area contributed by atoms with Crippen LogP contribution in [-0.2, 0) is 13.5 Å². The lowest BCUT2D eigenvalue weighted by molar-refractivity contribution is 0.771. The summed E-state index contributed by atoms with van der Waals surface area (Å²) in [4.78, 5) is 17.7. The number of thiazole rings is 1. The Balaban J connectivity index is 1.38. The fourth-order valence-corrected chi connectivity index (χ4v) is 3.35. The average molecular weight is 363 g/mol. The summed E-state index contributed by atoms with van der Waals surface area (Å²) < 4.78 is 1.69. The van der Waals surface area contributed by atoms with E-state index in [0.29, 0.717) is 18.3 Å². The van der Waals surface area contributed by atoms with Crippen LogP contribution in [-0.4, -0.2) is 36.3 Å². The van der Waals surface area contributed by atoms with Crippen molar-refractivity contribution in [2.45, 2.75) is 6.42 Å². The molecule has 0 spiro atoms. The molecule has 1 N–H and O–H groups in total. The van der Waals surface area contributed by atoms with Gasteiger partial charge in [-0.2, -0.15) is 5.10 Å². The first-order chi connectivity index (χ1) is 12.8. The molecule has 0 bridgehead atoms. The number of aryl methyl sites for hydroxylation is 1. The molecule has 26 heavy (non-hydrogen) atoms. The summed E-state index contributed by atoms with van der Waals surface area (Å²) in [5.41, 5.74) is 2.90. The van der Waals surface area contributed by atoms with Crippen LogP contribution in [0.25, 0.3) is 22.8 Å². The second-order valence-corrected chi connectivity index (χ2v) is 6.58. The number of nitrogens with zero attached hydrogens (tertiary/aromatic N) is 6. The monoisotopic (exact) mass is 363 g/mol. The maximum absolute atomic E-state index is 4.70. The highest BCUT2D eigenvalue weighted by molar-refractivity contribution is 7.09. The molecule has 4 rings (SSSR count). The van der Waals surface area contributed by atoms with Crippen molar-refractivity contribution in [2.24, 2.45) is 7.05 Å². The van der Waals surface area contributed by atoms with E-state index >= 15 is 0 Å². The van der Waals surface area contributed by atoms with E-state index in [0.717, 1.165) is 28.4 Å². The SMILES string of the molecule is Cn1ncnc1-c1ccnc(NCCc2nc(-c3ccccc3)cs2)n1. The molecule has 0 aliphatic carbocycles. The third-order valence-corrected chi connectivity index (χ3v) is 4.75. The van der Waals surface area contributed by atoms with Gasteiger partial charge >= 0.3 is 0 Å². The Morgan fingerprint density at radius 1 is 1.04 bits per heavy atom. The fourth-order valence-electron chi connectivity index (χ4n) is 2.54. The largest absolute Gasteiger partial charge is 0.354 e. The van der Waals surface area contributed by atoms with Crippen LogP contribution in [0.5, 0.6) is 0 Å². The van der Waals surface area contributed by atoms with Crippen LogP contribution in [0.2, 0.25) is 0 Å². The van der Waals surface area contributed by atoms with Crippen LogP contribution >= 0.6 is 11.3 Å². The zero-order valence-electron chi connectivity index (χ0n) is 14.2. The van der Waals surface area contributed by atoms with Gasteiger partial charge in [0.15, 0.2) is 5.82 Å². The van der Waals surface area contributed by atoms with E-state index < -0.39 is 0 Å². The predicted molar refractivity (Wildman–Crippen MR) is 102 cm³/mol. The minimum atomic E-state index is 0.574. The van der Waals surface area contributed by atoms with Gasteiger partial charge in [0, 0.05) is 37.2 Å². The van der Waals surface area contributed by atoms with Gasteiger partial charge in [-0.25, -0.2) is 24.6 Å². The first-order valence-corrected chi connectivity index (χ1v) is 9.09. The molecule has 3 heterocycles. The summed E-state index contributed by atoms with van der Waals surface area (Å²) in [5, 5.41) is 10.5. The Bertz CT molecular complexity index is 993. The number of aromatic nitrogens is 6. The standard InChI is InChI=1S/C18H17N7S/c1-25-17(21-12-22-25)14-7-9-19-18(24-14)20-10-8-16-23-15(11-26-16)13-5-3-2-4-6-13/h2-7,9,11-12H,8,10H2,1H3,(H,19,20,24). The topological polar surface area (TPSA) is 81.4 Å². The van der Waals surface area contributed by atoms with Crippen LogP contribution in [0.15, 0.2) is 54.3 Å². The molecular weight excluding hydrogens is 346 g/mol. The molecule has 130 valence electrons. The highest BCUT2D eigenvalue weighted by atomic mass is 32.1. The third-order valence-electron chi connectivity index (χ3n) is 3.84. The lowest BCUT2D eigenvalue weighted by Crippen LogP contribution is -2.08. The summed E-state index contributed by atoms with van der Waals surface area (Å²) in [6, 6.07) is 12.0. The number of nitrogens with one attached hydrogen (secondary N) is 1. The van der Waals surface area contributed by atoms with Gasteiger partial charge < -0.3 is 5.32 Å². The van der Waals surface area contributed by atoms with Crippen molar-refractivity contribution in [1.29, 1.82) is 0 Å². The molecule has 0 radical (unpaired) electrons. The van der Waals surface area contributed by atoms with Crippen molar-refractivity contribution < 1.29 is 0 Å². The number of benzene rings is 1. The van der Waals surface area contributed by atoms with Crippen LogP contribution in [0, 0.1) is 0 Å². The Morgan fingerprint density at radius 2 is 1.92 bits per heavy atom. The molecule has 7 nitrogen and oxygen atoms in total. The molecule has 0 amide bonds. The second kappa shape index (κ2) is 7.40. The van der Waals surface area contributed by atoms with Gasteiger partial charge in [-0.15, -0.1) is 11.3 Å². The number of hydrogen-bond acceptors (Lipinski definition) is 7. The Morgan fingerprint density at radius 3 is 2.73 bits per heavy atom. The maximum Gasteiger partial charge on any atom is 0.223 e. The van der Waals surface area contributed by atoms with Crippen LogP contribution in [0.1, 0.15) is 5.01 Å². The van der Waals surface area contributed by atoms with Gasteiger partial charge in [0.25, 0.3) is 0 Å². The molecule has 4 aromatic rings. The molecule has 3 aromatic heterocycles. The molecule has 8 heteroatoms. The molecule has 0 saturated heterocycles. The number of anilines is 1. The average Bonchev–Trinajstić information content (AvgIpc) is 3.32. The molecule has 1 aromatic carbocycles. The van der Waals surface area contributed by atoms with E-state index in [9.17, 15) is 0 Å². The van der Waals surface area contributed by atoms with E-state index in [1.807, 2.05) is 31.3 Å². The lowest BCUT2D eigenvalue weighted by atomic mass is 10.2. The molecule has 0 atom stereocenters. The molecule has 0 aliphatic rings. The van der Waals surface area contributed by atoms with Crippen molar-refractivity contribution in [3.8, 4) is 22.8 Å². The first-order valence-electron chi connectivity index (χ1n) is 8.21. The predicted octanol–water partition coefficient (Wildman–Crippen LogP) is 3.05. The van der Waals surface area contributed by atoms with Gasteiger partial charge in [0.1, 0.15) is 12.0 Å². The van der Waals surface area contributed by atoms with E-state index in [-0.39, 0.29) is 0 Å². The minimum Gasteiger partial charge on any atom is -0.354 e. The minimum absolute atomic E-state index is 0.574. The fraction of sp³-hybridized carbons (Fsp3) is 0.167. The van der Waals surface area contributed by atoms with E-state index in [1.54, 1.807) is 22.2 Å². The molecule has 0 aliphatic heterocycles. The summed E-state index contributed by atoms with van der Waals surface area (Å²) in [5.74, 6) is 1.29. The second-order valence-electron chi connectivity index (χ2n) is 5.64. The summed E-state index contributed by atoms with van der Waals surface area (Å²) >= 11 is 1.67. The molecule has 0 saturated carbocycles. The Hall–Kier alpha value is -3.13. The highest BCUT2D eigenvalue weighted by Gasteiger charge is 2.08. The summed E-state index contributed by atoms with van der Waals surface area (Å²) in [6.45, 7) is 0.712. The maximum atomic E-state index is 4.70. The summed E-state index contributed by atoms with van der Waals surface area (Å²) in [6.07, 6.45) is 4.04. The summed E-state index contributed by atoms with van der Waals surface area (Å²) in [7, 11) is 1.84. The zero-order valence-corrected chi connectivity index (χ0v) is 15.0. The quantitative estimate of drug-likeness (QED) is 0.567. The number of rotatable bonds is 6. The number of hydrogen-bond donors (Lipinski definition) is 1. The highest BCUT2D eigenvalue weighted by Crippen LogP contribution is 2.21. The van der Waals surface area contributed by atoms with Crippen LogP contribution < -0.4 is 5.32 Å². The van der Waals surface area contributed by atoms with Gasteiger partial charge in [0.2, 0.25) is 5.95 Å². The van der Waals surface area contributed by atoms with Crippen molar-refractivity contribution in [2.75, 3.05) is 11.9 Å². The molecule has 0 unspecified atom stereocenters. The van der Waals surface area contributed by atoms with Crippen molar-refractivity contribution in [3.05, 3.63) is 59.3 Å². The zero-order chi connectivity index (χ0) is 17.8. The van der Waals surface area contributed by atoms with Gasteiger partial charge in [0.05, 0.1) is 10.7 Å². The van der Waals surface area contributed by atoms with Gasteiger partial charge in [-0.3, -0.25) is 0 Å². The van der Waals surface area contributed by atoms with Crippen molar-refractivity contribution >= 4 is 17.3 Å². The Labute approximate surface area is 154 Å². The van der Waals surface area contributed by atoms with Crippen molar-refractivity contribution in [1.82, 2.24) is 29.7 Å². The van der Waals surface area contributed by atoms with Crippen LogP contribution in [0.3, 0.4) is 0 Å². The van der Waals surface area contributed by atoms with Crippen LogP contribution in [0.4, 0.5) is 5.95 Å². The third kappa shape index (κ3) is 3.60. The normalized spacial score (nSPS) is 10.8. The smallest absolute Gasteiger partial charge is 0.223 e. The molecule has 0 fully saturated rings. The van der Waals surface area contributed by atoms with Gasteiger partial charge in [-0.1, -0.05) is 30.3 Å². The van der Waals surface area contributed by atoms with E-state index in [2.05, 4.69) is 42.9 Å².